The standard InChI is InChI=1S/C20H18N4O7/c1-9(17(25)12-4-5-14-13(8-12)21-19(26)10(2)30-14)23-18-15(31-11(3)20(23)27)6-7-16(22-18)24(28)29/h4-11H,1-3H3,(H,21,26). The first-order valence-electron chi connectivity index (χ1n) is 9.48. The van der Waals surface area contributed by atoms with Gasteiger partial charge in [0.25, 0.3) is 17.6 Å². The Morgan fingerprint density at radius 1 is 1.16 bits per heavy atom. The van der Waals surface area contributed by atoms with Crippen molar-refractivity contribution < 1.29 is 28.8 Å². The van der Waals surface area contributed by atoms with Gasteiger partial charge in [-0.3, -0.25) is 19.3 Å². The van der Waals surface area contributed by atoms with Crippen LogP contribution in [-0.2, 0) is 9.59 Å². The second kappa shape index (κ2) is 7.35. The second-order valence-corrected chi connectivity index (χ2v) is 7.22. The molecule has 0 fully saturated rings. The van der Waals surface area contributed by atoms with Crippen molar-refractivity contribution in [2.45, 2.75) is 39.0 Å². The van der Waals surface area contributed by atoms with Gasteiger partial charge in [0.15, 0.2) is 23.7 Å². The third-order valence-electron chi connectivity index (χ3n) is 5.09. The average molecular weight is 426 g/mol. The van der Waals surface area contributed by atoms with Crippen molar-refractivity contribution in [3.8, 4) is 11.5 Å². The van der Waals surface area contributed by atoms with Crippen LogP contribution in [-0.4, -0.2) is 45.8 Å². The van der Waals surface area contributed by atoms with Crippen molar-refractivity contribution >= 4 is 34.9 Å². The van der Waals surface area contributed by atoms with E-state index in [0.29, 0.717) is 11.4 Å². The van der Waals surface area contributed by atoms with Crippen LogP contribution in [0.15, 0.2) is 30.3 Å². The molecule has 31 heavy (non-hydrogen) atoms. The van der Waals surface area contributed by atoms with Crippen LogP contribution in [0.1, 0.15) is 31.1 Å². The summed E-state index contributed by atoms with van der Waals surface area (Å²) in [4.78, 5) is 53.4. The minimum Gasteiger partial charge on any atom is -0.479 e. The van der Waals surface area contributed by atoms with E-state index in [4.69, 9.17) is 9.47 Å². The summed E-state index contributed by atoms with van der Waals surface area (Å²) in [5.41, 5.74) is 0.570. The number of rotatable bonds is 4. The number of ether oxygens (including phenoxy) is 2. The zero-order valence-corrected chi connectivity index (χ0v) is 16.8. The number of hydrogen-bond acceptors (Lipinski definition) is 8. The predicted octanol–water partition coefficient (Wildman–Crippen LogP) is 2.09. The fourth-order valence-electron chi connectivity index (χ4n) is 3.43. The molecule has 1 N–H and O–H groups in total. The second-order valence-electron chi connectivity index (χ2n) is 7.22. The molecule has 0 bridgehead atoms. The Bertz CT molecular complexity index is 1130. The number of pyridine rings is 1. The van der Waals surface area contributed by atoms with Crippen LogP contribution in [0.5, 0.6) is 11.5 Å². The summed E-state index contributed by atoms with van der Waals surface area (Å²) in [6.45, 7) is 4.62. The summed E-state index contributed by atoms with van der Waals surface area (Å²) >= 11 is 0. The number of Topliss-reactive ketones (excluding diaryl/α,β-unsaturated/α-hetero) is 1. The molecule has 160 valence electrons. The number of nitrogens with zero attached hydrogens (tertiary/aromatic N) is 3. The first-order valence-corrected chi connectivity index (χ1v) is 9.48. The van der Waals surface area contributed by atoms with Gasteiger partial charge in [-0.15, -0.1) is 0 Å². The number of nitrogens with one attached hydrogen (secondary N) is 1. The van der Waals surface area contributed by atoms with Crippen molar-refractivity contribution in [3.63, 3.8) is 0 Å². The molecule has 11 nitrogen and oxygen atoms in total. The van der Waals surface area contributed by atoms with Crippen LogP contribution >= 0.6 is 0 Å². The largest absolute Gasteiger partial charge is 0.479 e. The lowest BCUT2D eigenvalue weighted by atomic mass is 10.0. The lowest BCUT2D eigenvalue weighted by Gasteiger charge is -2.33. The van der Waals surface area contributed by atoms with Gasteiger partial charge in [-0.2, -0.15) is 0 Å². The highest BCUT2D eigenvalue weighted by Crippen LogP contribution is 2.36. The van der Waals surface area contributed by atoms with E-state index in [9.17, 15) is 24.5 Å². The molecule has 0 aliphatic carbocycles. The maximum atomic E-state index is 13.2. The van der Waals surface area contributed by atoms with Gasteiger partial charge in [-0.1, -0.05) is 0 Å². The van der Waals surface area contributed by atoms with Gasteiger partial charge in [0, 0.05) is 11.6 Å². The number of ketones is 1. The highest BCUT2D eigenvalue weighted by molar-refractivity contribution is 6.10. The topological polar surface area (TPSA) is 141 Å². The molecule has 0 spiro atoms. The van der Waals surface area contributed by atoms with E-state index in [0.717, 1.165) is 4.90 Å². The number of carbonyl (C=O) groups excluding carboxylic acids is 3. The van der Waals surface area contributed by atoms with E-state index in [2.05, 4.69) is 10.3 Å². The van der Waals surface area contributed by atoms with E-state index in [1.54, 1.807) is 13.0 Å². The SMILES string of the molecule is CC1Oc2ccc(C(=O)C(C)N3C(=O)C(C)Oc4ccc([N+](=O)[O-])nc43)cc2NC1=O. The maximum Gasteiger partial charge on any atom is 0.366 e. The zero-order valence-electron chi connectivity index (χ0n) is 16.8. The van der Waals surface area contributed by atoms with Crippen LogP contribution in [0.25, 0.3) is 0 Å². The van der Waals surface area contributed by atoms with Gasteiger partial charge >= 0.3 is 5.82 Å². The van der Waals surface area contributed by atoms with Crippen molar-refractivity contribution in [1.29, 1.82) is 0 Å². The predicted molar refractivity (Wildman–Crippen MR) is 107 cm³/mol. The first-order chi connectivity index (χ1) is 14.7. The summed E-state index contributed by atoms with van der Waals surface area (Å²) < 4.78 is 11.0. The molecule has 4 rings (SSSR count). The van der Waals surface area contributed by atoms with Gasteiger partial charge in [0.05, 0.1) is 5.69 Å². The van der Waals surface area contributed by atoms with E-state index in [1.807, 2.05) is 0 Å². The van der Waals surface area contributed by atoms with Gasteiger partial charge < -0.3 is 24.9 Å². The van der Waals surface area contributed by atoms with Gasteiger partial charge in [0.2, 0.25) is 0 Å². The molecule has 1 aromatic heterocycles. The zero-order chi connectivity index (χ0) is 22.4. The Hall–Kier alpha value is -4.02. The molecule has 0 saturated heterocycles. The van der Waals surface area contributed by atoms with Crippen LogP contribution in [0.3, 0.4) is 0 Å². The summed E-state index contributed by atoms with van der Waals surface area (Å²) in [6, 6.07) is 6.03. The molecule has 0 saturated carbocycles. The van der Waals surface area contributed by atoms with Crippen LogP contribution in [0.4, 0.5) is 17.3 Å². The van der Waals surface area contributed by atoms with E-state index < -0.39 is 40.7 Å². The van der Waals surface area contributed by atoms with E-state index in [-0.39, 0.29) is 23.0 Å². The fraction of sp³-hybridized carbons (Fsp3) is 0.300. The fourth-order valence-corrected chi connectivity index (χ4v) is 3.43. The lowest BCUT2D eigenvalue weighted by molar-refractivity contribution is -0.389. The number of amides is 2. The molecule has 1 aromatic carbocycles. The maximum absolute atomic E-state index is 13.2. The Morgan fingerprint density at radius 3 is 2.55 bits per heavy atom. The Kier molecular flexibility index (Phi) is 4.80. The molecule has 2 amide bonds. The van der Waals surface area contributed by atoms with Crippen LogP contribution in [0.2, 0.25) is 0 Å². The molecular formula is C20H18N4O7. The van der Waals surface area contributed by atoms with Gasteiger partial charge in [-0.25, -0.2) is 0 Å². The number of aromatic nitrogens is 1. The Balaban J connectivity index is 1.70. The average Bonchev–Trinajstić information content (AvgIpc) is 2.74. The minimum absolute atomic E-state index is 0.0958. The molecule has 11 heteroatoms. The molecule has 2 aliphatic rings. The number of hydrogen-bond donors (Lipinski definition) is 1. The summed E-state index contributed by atoms with van der Waals surface area (Å²) in [6.07, 6.45) is -1.55. The number of anilines is 2. The molecule has 3 unspecified atom stereocenters. The van der Waals surface area contributed by atoms with E-state index >= 15 is 0 Å². The number of carbonyl (C=O) groups is 3. The van der Waals surface area contributed by atoms with Gasteiger partial charge in [0.1, 0.15) is 11.8 Å². The number of fused-ring (bicyclic) bond motifs is 2. The monoisotopic (exact) mass is 426 g/mol. The minimum atomic E-state index is -1.04. The van der Waals surface area contributed by atoms with Crippen molar-refractivity contribution in [3.05, 3.63) is 46.0 Å². The number of benzene rings is 1. The Morgan fingerprint density at radius 2 is 1.84 bits per heavy atom. The quantitative estimate of drug-likeness (QED) is 0.445. The van der Waals surface area contributed by atoms with Crippen molar-refractivity contribution in [2.24, 2.45) is 0 Å². The first kappa shape index (κ1) is 20.3. The summed E-state index contributed by atoms with van der Waals surface area (Å²) in [5.74, 6) is -1.32. The smallest absolute Gasteiger partial charge is 0.366 e. The summed E-state index contributed by atoms with van der Waals surface area (Å²) in [5, 5.41) is 13.8. The molecule has 3 heterocycles. The highest BCUT2D eigenvalue weighted by Gasteiger charge is 2.42. The normalized spacial score (nSPS) is 20.5. The molecule has 3 atom stereocenters. The van der Waals surface area contributed by atoms with Gasteiger partial charge in [-0.05, 0) is 54.9 Å². The third kappa shape index (κ3) is 3.43. The molecule has 0 radical (unpaired) electrons. The summed E-state index contributed by atoms with van der Waals surface area (Å²) in [7, 11) is 0. The number of nitro groups is 1. The Labute approximate surface area is 176 Å². The van der Waals surface area contributed by atoms with Crippen molar-refractivity contribution in [1.82, 2.24) is 4.98 Å². The molecular weight excluding hydrogens is 408 g/mol. The van der Waals surface area contributed by atoms with Crippen LogP contribution in [0, 0.1) is 10.1 Å². The third-order valence-corrected chi connectivity index (χ3v) is 5.09. The lowest BCUT2D eigenvalue weighted by Crippen LogP contribution is -2.52. The molecule has 2 aromatic rings. The van der Waals surface area contributed by atoms with E-state index in [1.165, 1.54) is 38.1 Å². The molecule has 2 aliphatic heterocycles. The van der Waals surface area contributed by atoms with Crippen molar-refractivity contribution in [2.75, 3.05) is 10.2 Å². The highest BCUT2D eigenvalue weighted by atomic mass is 16.6. The van der Waals surface area contributed by atoms with Crippen LogP contribution < -0.4 is 19.7 Å².